The highest BCUT2D eigenvalue weighted by Crippen LogP contribution is 2.14. The minimum Gasteiger partial charge on any atom is -0.468 e. The molecule has 2 aromatic rings. The maximum absolute atomic E-state index is 5.49. The first-order valence-electron chi connectivity index (χ1n) is 6.63. The summed E-state index contributed by atoms with van der Waals surface area (Å²) in [6, 6.07) is 10.7. The van der Waals surface area contributed by atoms with Gasteiger partial charge in [0.1, 0.15) is 5.76 Å². The molecule has 1 aromatic carbocycles. The number of benzene rings is 1. The summed E-state index contributed by atoms with van der Waals surface area (Å²) in [5, 5.41) is 3.13. The lowest BCUT2D eigenvalue weighted by molar-refractivity contribution is 0.315. The Labute approximate surface area is 115 Å². The van der Waals surface area contributed by atoms with Gasteiger partial charge in [-0.2, -0.15) is 0 Å². The third-order valence-corrected chi connectivity index (χ3v) is 3.15. The minimum absolute atomic E-state index is 0.778. The van der Waals surface area contributed by atoms with Crippen LogP contribution in [0, 0.1) is 6.92 Å². The smallest absolute Gasteiger partial charge is 0.122 e. The standard InChI is InChI=1S/C16H22N2O/c1-13-5-4-6-14(9-13)11-18(3)12-15-7-8-19-16(15)10-17-2/h4-9,17H,10-12H2,1-3H3. The summed E-state index contributed by atoms with van der Waals surface area (Å²) in [5.74, 6) is 1.03. The van der Waals surface area contributed by atoms with Gasteiger partial charge in [-0.15, -0.1) is 0 Å². The molecule has 0 saturated carbocycles. The summed E-state index contributed by atoms with van der Waals surface area (Å²) in [4.78, 5) is 2.30. The number of rotatable bonds is 6. The van der Waals surface area contributed by atoms with E-state index in [2.05, 4.69) is 54.5 Å². The summed E-state index contributed by atoms with van der Waals surface area (Å²) in [5.41, 5.74) is 3.91. The molecule has 19 heavy (non-hydrogen) atoms. The van der Waals surface area contributed by atoms with Gasteiger partial charge in [0.15, 0.2) is 0 Å². The summed E-state index contributed by atoms with van der Waals surface area (Å²) < 4.78 is 5.49. The van der Waals surface area contributed by atoms with Crippen molar-refractivity contribution in [3.63, 3.8) is 0 Å². The predicted molar refractivity (Wildman–Crippen MR) is 77.8 cm³/mol. The number of nitrogens with one attached hydrogen (secondary N) is 1. The van der Waals surface area contributed by atoms with Crippen LogP contribution in [-0.4, -0.2) is 19.0 Å². The molecular formula is C16H22N2O. The third kappa shape index (κ3) is 3.94. The molecule has 0 saturated heterocycles. The van der Waals surface area contributed by atoms with Gasteiger partial charge in [0.25, 0.3) is 0 Å². The fraction of sp³-hybridized carbons (Fsp3) is 0.375. The van der Waals surface area contributed by atoms with E-state index in [0.29, 0.717) is 0 Å². The van der Waals surface area contributed by atoms with Crippen molar-refractivity contribution in [1.82, 2.24) is 10.2 Å². The second kappa shape index (κ2) is 6.55. The minimum atomic E-state index is 0.778. The van der Waals surface area contributed by atoms with Gasteiger partial charge < -0.3 is 9.73 Å². The van der Waals surface area contributed by atoms with Crippen LogP contribution in [0.3, 0.4) is 0 Å². The summed E-state index contributed by atoms with van der Waals surface area (Å²) >= 11 is 0. The monoisotopic (exact) mass is 258 g/mol. The Morgan fingerprint density at radius 2 is 2.05 bits per heavy atom. The maximum atomic E-state index is 5.49. The van der Waals surface area contributed by atoms with Gasteiger partial charge in [-0.3, -0.25) is 4.90 Å². The van der Waals surface area contributed by atoms with Crippen LogP contribution < -0.4 is 5.32 Å². The van der Waals surface area contributed by atoms with Gasteiger partial charge in [-0.05, 0) is 32.6 Å². The second-order valence-electron chi connectivity index (χ2n) is 5.06. The van der Waals surface area contributed by atoms with Crippen molar-refractivity contribution in [2.75, 3.05) is 14.1 Å². The molecule has 0 aliphatic rings. The fourth-order valence-electron chi connectivity index (χ4n) is 2.29. The number of hydrogen-bond donors (Lipinski definition) is 1. The highest BCUT2D eigenvalue weighted by Gasteiger charge is 2.08. The average molecular weight is 258 g/mol. The highest BCUT2D eigenvalue weighted by atomic mass is 16.3. The molecule has 0 radical (unpaired) electrons. The van der Waals surface area contributed by atoms with Gasteiger partial charge in [-0.1, -0.05) is 29.8 Å². The van der Waals surface area contributed by atoms with E-state index >= 15 is 0 Å². The SMILES string of the molecule is CNCc1occc1CN(C)Cc1cccc(C)c1. The summed E-state index contributed by atoms with van der Waals surface area (Å²) in [6.07, 6.45) is 1.77. The number of furan rings is 1. The molecule has 0 spiro atoms. The van der Waals surface area contributed by atoms with Crippen molar-refractivity contribution in [1.29, 1.82) is 0 Å². The fourth-order valence-corrected chi connectivity index (χ4v) is 2.29. The molecular weight excluding hydrogens is 236 g/mol. The Bertz CT molecular complexity index is 519. The second-order valence-corrected chi connectivity index (χ2v) is 5.06. The van der Waals surface area contributed by atoms with E-state index in [1.54, 1.807) is 6.26 Å². The zero-order valence-electron chi connectivity index (χ0n) is 11.9. The van der Waals surface area contributed by atoms with E-state index in [-0.39, 0.29) is 0 Å². The average Bonchev–Trinajstić information content (AvgIpc) is 2.77. The maximum Gasteiger partial charge on any atom is 0.122 e. The molecule has 1 heterocycles. The van der Waals surface area contributed by atoms with Crippen LogP contribution >= 0.6 is 0 Å². The van der Waals surface area contributed by atoms with Gasteiger partial charge in [0.2, 0.25) is 0 Å². The van der Waals surface area contributed by atoms with E-state index in [1.807, 2.05) is 7.05 Å². The Morgan fingerprint density at radius 3 is 2.79 bits per heavy atom. The van der Waals surface area contributed by atoms with E-state index in [1.165, 1.54) is 16.7 Å². The lowest BCUT2D eigenvalue weighted by atomic mass is 10.1. The van der Waals surface area contributed by atoms with Crippen molar-refractivity contribution in [2.45, 2.75) is 26.6 Å². The molecule has 0 amide bonds. The molecule has 3 nitrogen and oxygen atoms in total. The lowest BCUT2D eigenvalue weighted by Crippen LogP contribution is -2.18. The summed E-state index contributed by atoms with van der Waals surface area (Å²) in [7, 11) is 4.07. The number of hydrogen-bond acceptors (Lipinski definition) is 3. The highest BCUT2D eigenvalue weighted by molar-refractivity contribution is 5.22. The normalized spacial score (nSPS) is 11.2. The Morgan fingerprint density at radius 1 is 1.21 bits per heavy atom. The number of nitrogens with zero attached hydrogens (tertiary/aromatic N) is 1. The largest absolute Gasteiger partial charge is 0.468 e. The van der Waals surface area contributed by atoms with Crippen molar-refractivity contribution >= 4 is 0 Å². The third-order valence-electron chi connectivity index (χ3n) is 3.15. The van der Waals surface area contributed by atoms with Crippen molar-refractivity contribution in [3.05, 3.63) is 59.0 Å². The van der Waals surface area contributed by atoms with Crippen LogP contribution in [0.4, 0.5) is 0 Å². The molecule has 0 aliphatic heterocycles. The molecule has 0 unspecified atom stereocenters. The Hall–Kier alpha value is -1.58. The van der Waals surface area contributed by atoms with Gasteiger partial charge in [0.05, 0.1) is 12.8 Å². The van der Waals surface area contributed by atoms with E-state index < -0.39 is 0 Å². The number of aryl methyl sites for hydroxylation is 1. The van der Waals surface area contributed by atoms with Crippen molar-refractivity contribution in [2.24, 2.45) is 0 Å². The molecule has 2 rings (SSSR count). The molecule has 1 aromatic heterocycles. The van der Waals surface area contributed by atoms with Crippen LogP contribution in [0.25, 0.3) is 0 Å². The molecule has 0 fully saturated rings. The van der Waals surface area contributed by atoms with Gasteiger partial charge >= 0.3 is 0 Å². The first-order chi connectivity index (χ1) is 9.19. The van der Waals surface area contributed by atoms with E-state index in [0.717, 1.165) is 25.4 Å². The molecule has 0 atom stereocenters. The van der Waals surface area contributed by atoms with Crippen molar-refractivity contribution in [3.8, 4) is 0 Å². The Balaban J connectivity index is 1.97. The van der Waals surface area contributed by atoms with E-state index in [4.69, 9.17) is 4.42 Å². The van der Waals surface area contributed by atoms with Crippen LogP contribution in [-0.2, 0) is 19.6 Å². The van der Waals surface area contributed by atoms with Crippen LogP contribution in [0.1, 0.15) is 22.5 Å². The van der Waals surface area contributed by atoms with Crippen LogP contribution in [0.15, 0.2) is 41.0 Å². The zero-order chi connectivity index (χ0) is 13.7. The van der Waals surface area contributed by atoms with Crippen molar-refractivity contribution < 1.29 is 4.42 Å². The first-order valence-corrected chi connectivity index (χ1v) is 6.63. The first kappa shape index (κ1) is 13.8. The predicted octanol–water partition coefficient (Wildman–Crippen LogP) is 2.94. The lowest BCUT2D eigenvalue weighted by Gasteiger charge is -2.17. The zero-order valence-corrected chi connectivity index (χ0v) is 11.9. The molecule has 102 valence electrons. The van der Waals surface area contributed by atoms with Gasteiger partial charge in [0, 0.05) is 18.7 Å². The quantitative estimate of drug-likeness (QED) is 0.863. The van der Waals surface area contributed by atoms with Crippen LogP contribution in [0.2, 0.25) is 0 Å². The molecule has 0 bridgehead atoms. The molecule has 0 aliphatic carbocycles. The summed E-state index contributed by atoms with van der Waals surface area (Å²) in [6.45, 7) is 4.76. The van der Waals surface area contributed by atoms with Gasteiger partial charge in [-0.25, -0.2) is 0 Å². The van der Waals surface area contributed by atoms with Crippen LogP contribution in [0.5, 0.6) is 0 Å². The molecule has 3 heteroatoms. The topological polar surface area (TPSA) is 28.4 Å². The molecule has 1 N–H and O–H groups in total. The van der Waals surface area contributed by atoms with E-state index in [9.17, 15) is 0 Å². The Kier molecular flexibility index (Phi) is 4.77.